The Morgan fingerprint density at radius 3 is 2.62 bits per heavy atom. The first-order chi connectivity index (χ1) is 7.42. The van der Waals surface area contributed by atoms with Gasteiger partial charge in [-0.3, -0.25) is 0 Å². The summed E-state index contributed by atoms with van der Waals surface area (Å²) < 4.78 is 32.0. The predicted molar refractivity (Wildman–Crippen MR) is 56.9 cm³/mol. The van der Waals surface area contributed by atoms with Crippen LogP contribution in [0, 0.1) is 18.3 Å². The van der Waals surface area contributed by atoms with Crippen molar-refractivity contribution < 1.29 is 13.5 Å². The molecule has 0 heterocycles. The van der Waals surface area contributed by atoms with Crippen LogP contribution in [-0.2, 0) is 5.92 Å². The Labute approximate surface area is 97.4 Å². The van der Waals surface area contributed by atoms with Gasteiger partial charge in [-0.25, -0.2) is 8.78 Å². The van der Waals surface area contributed by atoms with Crippen LogP contribution in [0.3, 0.4) is 0 Å². The summed E-state index contributed by atoms with van der Waals surface area (Å²) in [5, 5.41) is 8.58. The molecule has 0 saturated heterocycles. The highest BCUT2D eigenvalue weighted by Gasteiger charge is 2.35. The van der Waals surface area contributed by atoms with Crippen molar-refractivity contribution in [1.82, 2.24) is 0 Å². The summed E-state index contributed by atoms with van der Waals surface area (Å²) in [7, 11) is 1.30. The molecule has 0 amide bonds. The molecule has 0 aromatic heterocycles. The Bertz CT molecular complexity index is 440. The summed E-state index contributed by atoms with van der Waals surface area (Å²) in [5.41, 5.74) is 0.294. The molecule has 1 aromatic carbocycles. The highest BCUT2D eigenvalue weighted by Crippen LogP contribution is 2.39. The Hall–Kier alpha value is -1.34. The largest absolute Gasteiger partial charge is 0.496 e. The van der Waals surface area contributed by atoms with E-state index >= 15 is 0 Å². The smallest absolute Gasteiger partial charge is 0.289 e. The van der Waals surface area contributed by atoms with E-state index in [1.54, 1.807) is 6.92 Å². The molecular formula is C11H10ClF2NO. The monoisotopic (exact) mass is 245 g/mol. The van der Waals surface area contributed by atoms with E-state index in [1.807, 2.05) is 0 Å². The van der Waals surface area contributed by atoms with Gasteiger partial charge in [-0.05, 0) is 24.6 Å². The van der Waals surface area contributed by atoms with Gasteiger partial charge < -0.3 is 4.74 Å². The Morgan fingerprint density at radius 2 is 2.12 bits per heavy atom. The minimum Gasteiger partial charge on any atom is -0.496 e. The van der Waals surface area contributed by atoms with Gasteiger partial charge in [0.2, 0.25) is 0 Å². The average molecular weight is 246 g/mol. The number of hydrogen-bond donors (Lipinski definition) is 0. The summed E-state index contributed by atoms with van der Waals surface area (Å²) in [6, 6.07) is 4.02. The van der Waals surface area contributed by atoms with Crippen LogP contribution in [0.5, 0.6) is 5.75 Å². The normalized spacial score (nSPS) is 11.0. The summed E-state index contributed by atoms with van der Waals surface area (Å²) >= 11 is 5.78. The molecule has 0 unspecified atom stereocenters. The van der Waals surface area contributed by atoms with Crippen LogP contribution in [-0.4, -0.2) is 7.11 Å². The van der Waals surface area contributed by atoms with Gasteiger partial charge in [-0.2, -0.15) is 5.26 Å². The number of aryl methyl sites for hydroxylation is 1. The second-order valence-electron chi connectivity index (χ2n) is 3.34. The minimum atomic E-state index is -3.25. The van der Waals surface area contributed by atoms with Gasteiger partial charge in [0.25, 0.3) is 5.92 Å². The molecule has 1 rings (SSSR count). The number of nitriles is 1. The molecule has 16 heavy (non-hydrogen) atoms. The van der Waals surface area contributed by atoms with Crippen molar-refractivity contribution in [2.45, 2.75) is 19.3 Å². The number of ether oxygens (including phenoxy) is 1. The van der Waals surface area contributed by atoms with Crippen molar-refractivity contribution >= 4 is 11.6 Å². The quantitative estimate of drug-likeness (QED) is 0.814. The van der Waals surface area contributed by atoms with Crippen molar-refractivity contribution in [3.05, 3.63) is 28.3 Å². The molecule has 0 atom stereocenters. The summed E-state index contributed by atoms with van der Waals surface area (Å²) in [6.45, 7) is 1.69. The number of methoxy groups -OCH3 is 1. The van der Waals surface area contributed by atoms with E-state index in [0.29, 0.717) is 5.56 Å². The SMILES string of the molecule is COc1cc(C)c(Cl)cc1C(F)(F)CC#N. The van der Waals surface area contributed by atoms with Gasteiger partial charge in [0.1, 0.15) is 12.2 Å². The average Bonchev–Trinajstić information content (AvgIpc) is 2.21. The van der Waals surface area contributed by atoms with E-state index in [1.165, 1.54) is 19.2 Å². The van der Waals surface area contributed by atoms with Gasteiger partial charge in [0.05, 0.1) is 18.7 Å². The van der Waals surface area contributed by atoms with Crippen molar-refractivity contribution in [3.8, 4) is 11.8 Å². The topological polar surface area (TPSA) is 33.0 Å². The second kappa shape index (κ2) is 4.67. The number of rotatable bonds is 3. The third-order valence-electron chi connectivity index (χ3n) is 2.18. The van der Waals surface area contributed by atoms with Crippen molar-refractivity contribution in [2.24, 2.45) is 0 Å². The van der Waals surface area contributed by atoms with Gasteiger partial charge in [0, 0.05) is 5.02 Å². The van der Waals surface area contributed by atoms with E-state index in [9.17, 15) is 8.78 Å². The van der Waals surface area contributed by atoms with Crippen molar-refractivity contribution in [3.63, 3.8) is 0 Å². The molecule has 0 N–H and O–H groups in total. The highest BCUT2D eigenvalue weighted by atomic mass is 35.5. The van der Waals surface area contributed by atoms with E-state index in [2.05, 4.69) is 0 Å². The maximum absolute atomic E-state index is 13.6. The standard InChI is InChI=1S/C11H10ClF2NO/c1-7-5-10(16-2)8(6-9(7)12)11(13,14)3-4-15/h5-6H,3H2,1-2H3. The van der Waals surface area contributed by atoms with E-state index in [0.717, 1.165) is 6.07 Å². The molecule has 1 aromatic rings. The molecule has 0 bridgehead atoms. The molecule has 0 spiro atoms. The Balaban J connectivity index is 3.32. The highest BCUT2D eigenvalue weighted by molar-refractivity contribution is 6.31. The van der Waals surface area contributed by atoms with Crippen LogP contribution in [0.15, 0.2) is 12.1 Å². The zero-order valence-electron chi connectivity index (χ0n) is 8.85. The van der Waals surface area contributed by atoms with Gasteiger partial charge in [-0.15, -0.1) is 0 Å². The maximum atomic E-state index is 13.6. The van der Waals surface area contributed by atoms with Crippen LogP contribution in [0.2, 0.25) is 5.02 Å². The number of benzene rings is 1. The summed E-state index contributed by atoms with van der Waals surface area (Å²) in [5.74, 6) is -3.21. The van der Waals surface area contributed by atoms with E-state index < -0.39 is 12.3 Å². The fourth-order valence-electron chi connectivity index (χ4n) is 1.30. The first-order valence-corrected chi connectivity index (χ1v) is 4.89. The number of hydrogen-bond acceptors (Lipinski definition) is 2. The third-order valence-corrected chi connectivity index (χ3v) is 2.58. The lowest BCUT2D eigenvalue weighted by molar-refractivity contribution is -0.00127. The van der Waals surface area contributed by atoms with E-state index in [4.69, 9.17) is 21.6 Å². The lowest BCUT2D eigenvalue weighted by Gasteiger charge is -2.17. The zero-order chi connectivity index (χ0) is 12.3. The van der Waals surface area contributed by atoms with Crippen LogP contribution in [0.25, 0.3) is 0 Å². The summed E-state index contributed by atoms with van der Waals surface area (Å²) in [4.78, 5) is 0. The van der Waals surface area contributed by atoms with Crippen molar-refractivity contribution in [1.29, 1.82) is 5.26 Å². The first kappa shape index (κ1) is 12.7. The molecular weight excluding hydrogens is 236 g/mol. The molecule has 0 fully saturated rings. The molecule has 86 valence electrons. The molecule has 0 saturated carbocycles. The number of alkyl halides is 2. The lowest BCUT2D eigenvalue weighted by atomic mass is 10.0. The third kappa shape index (κ3) is 2.42. The van der Waals surface area contributed by atoms with Gasteiger partial charge >= 0.3 is 0 Å². The Morgan fingerprint density at radius 1 is 1.50 bits per heavy atom. The van der Waals surface area contributed by atoms with Crippen molar-refractivity contribution in [2.75, 3.05) is 7.11 Å². The predicted octanol–water partition coefficient (Wildman–Crippen LogP) is 3.66. The number of halogens is 3. The summed E-state index contributed by atoms with van der Waals surface area (Å²) in [6.07, 6.45) is -0.900. The van der Waals surface area contributed by atoms with Crippen LogP contribution >= 0.6 is 11.6 Å². The lowest BCUT2D eigenvalue weighted by Crippen LogP contribution is -2.14. The van der Waals surface area contributed by atoms with Gasteiger partial charge in [0.15, 0.2) is 0 Å². The molecule has 0 radical (unpaired) electrons. The van der Waals surface area contributed by atoms with Gasteiger partial charge in [-0.1, -0.05) is 11.6 Å². The van der Waals surface area contributed by atoms with Crippen LogP contribution in [0.4, 0.5) is 8.78 Å². The molecule has 5 heteroatoms. The molecule has 0 aliphatic rings. The minimum absolute atomic E-state index is 0.0437. The fourth-order valence-corrected chi connectivity index (χ4v) is 1.47. The Kier molecular flexibility index (Phi) is 3.71. The van der Waals surface area contributed by atoms with Crippen LogP contribution < -0.4 is 4.74 Å². The van der Waals surface area contributed by atoms with Crippen LogP contribution in [0.1, 0.15) is 17.5 Å². The fraction of sp³-hybridized carbons (Fsp3) is 0.364. The molecule has 0 aliphatic heterocycles. The zero-order valence-corrected chi connectivity index (χ0v) is 9.61. The number of nitrogens with zero attached hydrogens (tertiary/aromatic N) is 1. The molecule has 2 nitrogen and oxygen atoms in total. The van der Waals surface area contributed by atoms with E-state index in [-0.39, 0.29) is 16.3 Å². The maximum Gasteiger partial charge on any atom is 0.289 e. The molecule has 0 aliphatic carbocycles. The first-order valence-electron chi connectivity index (χ1n) is 4.51. The second-order valence-corrected chi connectivity index (χ2v) is 3.75.